The van der Waals surface area contributed by atoms with Gasteiger partial charge in [-0.3, -0.25) is 0 Å². The van der Waals surface area contributed by atoms with Gasteiger partial charge in [-0.2, -0.15) is 0 Å². The van der Waals surface area contributed by atoms with Crippen molar-refractivity contribution in [1.29, 1.82) is 0 Å². The summed E-state index contributed by atoms with van der Waals surface area (Å²) >= 11 is 0. The Morgan fingerprint density at radius 1 is 1.50 bits per heavy atom. The number of nitro groups is 1. The third-order valence-electron chi connectivity index (χ3n) is 1.15. The number of hydrogen-bond donors (Lipinski definition) is 0. The van der Waals surface area contributed by atoms with Gasteiger partial charge in [0.25, 0.3) is 0 Å². The SMILES string of the molecule is COC(=O)N([N+](=O)[O-])C(C)(C)C. The third kappa shape index (κ3) is 2.37. The first-order chi connectivity index (χ1) is 5.30. The average molecular weight is 176 g/mol. The van der Waals surface area contributed by atoms with Gasteiger partial charge >= 0.3 is 6.09 Å². The molecule has 0 aromatic carbocycles. The van der Waals surface area contributed by atoms with E-state index in [1.807, 2.05) is 0 Å². The van der Waals surface area contributed by atoms with Crippen LogP contribution in [-0.4, -0.2) is 28.8 Å². The Hall–Kier alpha value is -1.33. The van der Waals surface area contributed by atoms with Crippen molar-refractivity contribution in [2.45, 2.75) is 26.3 Å². The number of rotatable bonds is 1. The number of methoxy groups -OCH3 is 1. The summed E-state index contributed by atoms with van der Waals surface area (Å²) in [5.41, 5.74) is -0.878. The fourth-order valence-corrected chi connectivity index (χ4v) is 0.672. The molecule has 0 saturated carbocycles. The van der Waals surface area contributed by atoms with Crippen molar-refractivity contribution in [2.24, 2.45) is 0 Å². The van der Waals surface area contributed by atoms with Crippen molar-refractivity contribution in [3.05, 3.63) is 10.1 Å². The lowest BCUT2D eigenvalue weighted by Crippen LogP contribution is -2.49. The van der Waals surface area contributed by atoms with E-state index in [0.717, 1.165) is 7.11 Å². The average Bonchev–Trinajstić information content (AvgIpc) is 1.83. The van der Waals surface area contributed by atoms with Crippen LogP contribution in [0.4, 0.5) is 4.79 Å². The monoisotopic (exact) mass is 176 g/mol. The maximum Gasteiger partial charge on any atom is 0.468 e. The summed E-state index contributed by atoms with van der Waals surface area (Å²) in [5, 5.41) is 10.0. The van der Waals surface area contributed by atoms with Gasteiger partial charge < -0.3 is 4.74 Å². The lowest BCUT2D eigenvalue weighted by molar-refractivity contribution is -0.651. The molecule has 6 heteroatoms. The summed E-state index contributed by atoms with van der Waals surface area (Å²) in [6.07, 6.45) is -0.965. The molecule has 0 rings (SSSR count). The van der Waals surface area contributed by atoms with Gasteiger partial charge in [0.15, 0.2) is 5.03 Å². The molecule has 70 valence electrons. The third-order valence-corrected chi connectivity index (χ3v) is 1.15. The van der Waals surface area contributed by atoms with E-state index in [1.165, 1.54) is 0 Å². The quantitative estimate of drug-likeness (QED) is 0.442. The van der Waals surface area contributed by atoms with Gasteiger partial charge in [0.1, 0.15) is 5.54 Å². The van der Waals surface area contributed by atoms with Gasteiger partial charge in [-0.1, -0.05) is 0 Å². The van der Waals surface area contributed by atoms with E-state index >= 15 is 0 Å². The Kier molecular flexibility index (Phi) is 3.00. The Morgan fingerprint density at radius 2 is 1.92 bits per heavy atom. The fraction of sp³-hybridized carbons (Fsp3) is 0.833. The first-order valence-electron chi connectivity index (χ1n) is 3.33. The molecule has 0 aliphatic heterocycles. The molecule has 0 fully saturated rings. The molecule has 0 saturated heterocycles. The molecule has 0 aliphatic carbocycles. The number of ether oxygens (including phenoxy) is 1. The van der Waals surface area contributed by atoms with Crippen molar-refractivity contribution < 1.29 is 14.6 Å². The molecule has 0 atom stereocenters. The molecule has 0 radical (unpaired) electrons. The van der Waals surface area contributed by atoms with Gasteiger partial charge in [0.2, 0.25) is 0 Å². The number of amides is 1. The molecule has 0 aliphatic rings. The van der Waals surface area contributed by atoms with Crippen LogP contribution in [0.1, 0.15) is 20.8 Å². The van der Waals surface area contributed by atoms with Crippen molar-refractivity contribution >= 4 is 6.09 Å². The summed E-state index contributed by atoms with van der Waals surface area (Å²) in [6.45, 7) is 4.64. The van der Waals surface area contributed by atoms with Crippen LogP contribution in [0.3, 0.4) is 0 Å². The molecule has 0 N–H and O–H groups in total. The van der Waals surface area contributed by atoms with Crippen molar-refractivity contribution in [3.8, 4) is 0 Å². The van der Waals surface area contributed by atoms with Crippen LogP contribution in [0, 0.1) is 10.1 Å². The first kappa shape index (κ1) is 10.7. The first-order valence-corrected chi connectivity index (χ1v) is 3.33. The second-order valence-corrected chi connectivity index (χ2v) is 3.19. The molecule has 0 spiro atoms. The normalized spacial score (nSPS) is 10.7. The summed E-state index contributed by atoms with van der Waals surface area (Å²) in [5.74, 6) is 0. The number of hydrogen-bond acceptors (Lipinski definition) is 4. The second kappa shape index (κ2) is 3.38. The van der Waals surface area contributed by atoms with Crippen LogP contribution in [0.2, 0.25) is 0 Å². The topological polar surface area (TPSA) is 72.7 Å². The van der Waals surface area contributed by atoms with Crippen molar-refractivity contribution in [3.63, 3.8) is 0 Å². The minimum Gasteiger partial charge on any atom is -0.449 e. The lowest BCUT2D eigenvalue weighted by atomic mass is 10.1. The van der Waals surface area contributed by atoms with Gasteiger partial charge in [0.05, 0.1) is 7.11 Å². The predicted octanol–water partition coefficient (Wildman–Crippen LogP) is 1.04. The molecular weight excluding hydrogens is 164 g/mol. The van der Waals surface area contributed by atoms with Crippen LogP contribution >= 0.6 is 0 Å². The molecule has 12 heavy (non-hydrogen) atoms. The summed E-state index contributed by atoms with van der Waals surface area (Å²) in [6, 6.07) is 0. The van der Waals surface area contributed by atoms with E-state index in [2.05, 4.69) is 4.74 Å². The van der Waals surface area contributed by atoms with Crippen LogP contribution < -0.4 is 0 Å². The molecule has 0 aromatic rings. The van der Waals surface area contributed by atoms with E-state index < -0.39 is 16.7 Å². The summed E-state index contributed by atoms with van der Waals surface area (Å²) < 4.78 is 4.25. The predicted molar refractivity (Wildman–Crippen MR) is 41.0 cm³/mol. The Balaban J connectivity index is 4.68. The van der Waals surface area contributed by atoms with Crippen LogP contribution in [0.25, 0.3) is 0 Å². The van der Waals surface area contributed by atoms with Gasteiger partial charge in [-0.05, 0) is 25.8 Å². The van der Waals surface area contributed by atoms with E-state index in [4.69, 9.17) is 0 Å². The molecule has 0 aromatic heterocycles. The molecule has 0 heterocycles. The fourth-order valence-electron chi connectivity index (χ4n) is 0.672. The maximum absolute atomic E-state index is 10.9. The second-order valence-electron chi connectivity index (χ2n) is 3.19. The highest BCUT2D eigenvalue weighted by molar-refractivity contribution is 5.66. The molecular formula is C6H12N2O4. The Bertz CT molecular complexity index is 196. The standard InChI is InChI=1S/C6H12N2O4/c1-6(2,3)7(8(10)11)5(9)12-4/h1-4H3. The highest BCUT2D eigenvalue weighted by Crippen LogP contribution is 2.13. The molecule has 1 amide bonds. The van der Waals surface area contributed by atoms with Crippen LogP contribution in [0.15, 0.2) is 0 Å². The smallest absolute Gasteiger partial charge is 0.449 e. The van der Waals surface area contributed by atoms with Crippen molar-refractivity contribution in [1.82, 2.24) is 5.01 Å². The lowest BCUT2D eigenvalue weighted by Gasteiger charge is -2.23. The maximum atomic E-state index is 10.9. The largest absolute Gasteiger partial charge is 0.468 e. The summed E-state index contributed by atoms with van der Waals surface area (Å²) in [4.78, 5) is 21.2. The number of carbonyl (C=O) groups excluding carboxylic acids is 1. The van der Waals surface area contributed by atoms with Gasteiger partial charge in [-0.15, -0.1) is 0 Å². The van der Waals surface area contributed by atoms with Crippen LogP contribution in [0.5, 0.6) is 0 Å². The highest BCUT2D eigenvalue weighted by Gasteiger charge is 2.37. The van der Waals surface area contributed by atoms with Crippen molar-refractivity contribution in [2.75, 3.05) is 7.11 Å². The zero-order chi connectivity index (χ0) is 9.94. The number of carbonyl (C=O) groups is 1. The van der Waals surface area contributed by atoms with Gasteiger partial charge in [-0.25, -0.2) is 14.9 Å². The Labute approximate surface area is 70.2 Å². The van der Waals surface area contributed by atoms with E-state index in [9.17, 15) is 14.9 Å². The minimum atomic E-state index is -0.965. The van der Waals surface area contributed by atoms with E-state index in [1.54, 1.807) is 20.8 Å². The molecule has 0 unspecified atom stereocenters. The zero-order valence-electron chi connectivity index (χ0n) is 7.53. The van der Waals surface area contributed by atoms with Crippen LogP contribution in [-0.2, 0) is 4.74 Å². The van der Waals surface area contributed by atoms with E-state index in [0.29, 0.717) is 5.01 Å². The Morgan fingerprint density at radius 3 is 2.00 bits per heavy atom. The number of hydrazine groups is 1. The number of nitrogens with zero attached hydrogens (tertiary/aromatic N) is 2. The van der Waals surface area contributed by atoms with E-state index in [-0.39, 0.29) is 0 Å². The highest BCUT2D eigenvalue weighted by atomic mass is 16.7. The zero-order valence-corrected chi connectivity index (χ0v) is 7.53. The molecule has 6 nitrogen and oxygen atoms in total. The molecule has 0 bridgehead atoms. The minimum absolute atomic E-state index is 0.437. The van der Waals surface area contributed by atoms with Gasteiger partial charge in [0, 0.05) is 0 Å². The summed E-state index contributed by atoms with van der Waals surface area (Å²) in [7, 11) is 1.10.